The molecule has 0 bridgehead atoms. The molecule has 11 heteroatoms. The third-order valence-electron chi connectivity index (χ3n) is 6.64. The lowest BCUT2D eigenvalue weighted by molar-refractivity contribution is 0.0515. The summed E-state index contributed by atoms with van der Waals surface area (Å²) in [6, 6.07) is 17.5. The zero-order chi connectivity index (χ0) is 32.7. The summed E-state index contributed by atoms with van der Waals surface area (Å²) in [6.45, 7) is 7.24. The van der Waals surface area contributed by atoms with Crippen LogP contribution in [0.4, 0.5) is 11.4 Å². The van der Waals surface area contributed by atoms with Gasteiger partial charge in [0.05, 0.1) is 35.7 Å². The first-order chi connectivity index (χ1) is 21.5. The molecular formula is C34H32N2O9. The van der Waals surface area contributed by atoms with Gasteiger partial charge in [-0.2, -0.15) is 0 Å². The van der Waals surface area contributed by atoms with Gasteiger partial charge in [-0.1, -0.05) is 0 Å². The number of carbonyl (C=O) groups excluding carboxylic acids is 4. The number of carbonyl (C=O) groups is 4. The van der Waals surface area contributed by atoms with E-state index in [4.69, 9.17) is 14.2 Å². The molecule has 0 aromatic heterocycles. The Kier molecular flexibility index (Phi) is 10.0. The number of phenols is 2. The number of ether oxygens (including phenoxy) is 3. The molecule has 0 aliphatic rings. The van der Waals surface area contributed by atoms with Gasteiger partial charge in [0.15, 0.2) is 0 Å². The number of esters is 2. The molecule has 0 saturated heterocycles. The summed E-state index contributed by atoms with van der Waals surface area (Å²) in [5, 5.41) is 26.0. The largest absolute Gasteiger partial charge is 0.506 e. The second-order valence-corrected chi connectivity index (χ2v) is 9.87. The van der Waals surface area contributed by atoms with E-state index in [-0.39, 0.29) is 58.7 Å². The Morgan fingerprint density at radius 2 is 1.00 bits per heavy atom. The van der Waals surface area contributed by atoms with E-state index in [0.29, 0.717) is 22.3 Å². The predicted octanol–water partition coefficient (Wildman–Crippen LogP) is 6.36. The van der Waals surface area contributed by atoms with Crippen LogP contribution in [-0.4, -0.2) is 47.2 Å². The Morgan fingerprint density at radius 3 is 1.36 bits per heavy atom. The first kappa shape index (κ1) is 32.1. The fraction of sp³-hybridized carbons (Fsp3) is 0.176. The van der Waals surface area contributed by atoms with Gasteiger partial charge in [-0.25, -0.2) is 9.59 Å². The SMILES string of the molecule is CCOC(=O)c1ccc(C(=O)Nc2cc(Oc3ccc(O)c(NC(=O)c4ccc(C(=O)OCC)c(C)c4)c3)ccc2O)cc1C. The molecule has 0 aliphatic carbocycles. The minimum atomic E-state index is -0.527. The average Bonchev–Trinajstić information content (AvgIpc) is 3.00. The summed E-state index contributed by atoms with van der Waals surface area (Å²) < 4.78 is 15.9. The minimum absolute atomic E-state index is 0.0681. The van der Waals surface area contributed by atoms with Gasteiger partial charge in [-0.15, -0.1) is 0 Å². The van der Waals surface area contributed by atoms with E-state index >= 15 is 0 Å². The number of rotatable bonds is 10. The fourth-order valence-electron chi connectivity index (χ4n) is 4.37. The van der Waals surface area contributed by atoms with Gasteiger partial charge in [-0.3, -0.25) is 9.59 Å². The normalized spacial score (nSPS) is 10.5. The molecule has 0 radical (unpaired) electrons. The van der Waals surface area contributed by atoms with Crippen LogP contribution in [0, 0.1) is 13.8 Å². The molecule has 4 rings (SSSR count). The lowest BCUT2D eigenvalue weighted by atomic mass is 10.0. The molecule has 2 amide bonds. The van der Waals surface area contributed by atoms with Crippen molar-refractivity contribution in [1.82, 2.24) is 0 Å². The highest BCUT2D eigenvalue weighted by atomic mass is 16.5. The quantitative estimate of drug-likeness (QED) is 0.118. The van der Waals surface area contributed by atoms with Crippen molar-refractivity contribution in [2.24, 2.45) is 0 Å². The van der Waals surface area contributed by atoms with Crippen LogP contribution in [0.15, 0.2) is 72.8 Å². The Balaban J connectivity index is 1.47. The lowest BCUT2D eigenvalue weighted by Gasteiger charge is -2.13. The van der Waals surface area contributed by atoms with Crippen LogP contribution >= 0.6 is 0 Å². The minimum Gasteiger partial charge on any atom is -0.506 e. The summed E-state index contributed by atoms with van der Waals surface area (Å²) >= 11 is 0. The number of nitrogens with one attached hydrogen (secondary N) is 2. The second-order valence-electron chi connectivity index (χ2n) is 9.87. The first-order valence-electron chi connectivity index (χ1n) is 14.0. The number of aryl methyl sites for hydroxylation is 2. The standard InChI is InChI=1S/C34H32N2O9/c1-5-43-33(41)25-11-7-21(15-19(25)3)31(39)35-27-17-23(9-13-29(27)37)45-24-10-14-30(38)28(18-24)36-32(40)22-8-12-26(20(4)16-22)34(42)44-6-2/h7-18,37-38H,5-6H2,1-4H3,(H,35,39)(H,36,40). The Bertz CT molecular complexity index is 1650. The van der Waals surface area contributed by atoms with E-state index in [0.717, 1.165) is 0 Å². The van der Waals surface area contributed by atoms with Crippen molar-refractivity contribution in [3.63, 3.8) is 0 Å². The molecule has 0 saturated carbocycles. The van der Waals surface area contributed by atoms with Crippen LogP contribution in [0.2, 0.25) is 0 Å². The first-order valence-corrected chi connectivity index (χ1v) is 14.0. The lowest BCUT2D eigenvalue weighted by Crippen LogP contribution is -2.14. The maximum Gasteiger partial charge on any atom is 0.338 e. The van der Waals surface area contributed by atoms with E-state index in [9.17, 15) is 29.4 Å². The molecule has 0 fully saturated rings. The third-order valence-corrected chi connectivity index (χ3v) is 6.64. The van der Waals surface area contributed by atoms with Gasteiger partial charge >= 0.3 is 11.9 Å². The average molecular weight is 613 g/mol. The predicted molar refractivity (Wildman–Crippen MR) is 166 cm³/mol. The van der Waals surface area contributed by atoms with Gasteiger partial charge in [0.1, 0.15) is 23.0 Å². The van der Waals surface area contributed by atoms with Crippen molar-refractivity contribution in [1.29, 1.82) is 0 Å². The molecule has 4 aromatic carbocycles. The van der Waals surface area contributed by atoms with Crippen molar-refractivity contribution in [2.45, 2.75) is 27.7 Å². The van der Waals surface area contributed by atoms with Gasteiger partial charge in [-0.05, 0) is 99.5 Å². The number of hydrogen-bond acceptors (Lipinski definition) is 9. The fourth-order valence-corrected chi connectivity index (χ4v) is 4.37. The van der Waals surface area contributed by atoms with Crippen molar-refractivity contribution >= 4 is 35.1 Å². The second kappa shape index (κ2) is 14.1. The molecule has 0 spiro atoms. The van der Waals surface area contributed by atoms with E-state index in [1.54, 1.807) is 39.8 Å². The molecule has 0 aliphatic heterocycles. The Hall–Kier alpha value is -5.84. The van der Waals surface area contributed by atoms with Gasteiger partial charge in [0.2, 0.25) is 0 Å². The summed E-state index contributed by atoms with van der Waals surface area (Å²) in [4.78, 5) is 50.0. The van der Waals surface area contributed by atoms with Crippen LogP contribution in [0.5, 0.6) is 23.0 Å². The Labute approximate surface area is 259 Å². The van der Waals surface area contributed by atoms with Crippen molar-refractivity contribution in [2.75, 3.05) is 23.8 Å². The van der Waals surface area contributed by atoms with Crippen LogP contribution < -0.4 is 15.4 Å². The van der Waals surface area contributed by atoms with Crippen LogP contribution in [-0.2, 0) is 9.47 Å². The highest BCUT2D eigenvalue weighted by Gasteiger charge is 2.17. The van der Waals surface area contributed by atoms with E-state index in [2.05, 4.69) is 10.6 Å². The zero-order valence-electron chi connectivity index (χ0n) is 25.1. The number of phenolic OH excluding ortho intramolecular Hbond substituents is 2. The Morgan fingerprint density at radius 1 is 0.600 bits per heavy atom. The van der Waals surface area contributed by atoms with Crippen LogP contribution in [0.3, 0.4) is 0 Å². The number of hydrogen-bond donors (Lipinski definition) is 4. The zero-order valence-corrected chi connectivity index (χ0v) is 25.1. The van der Waals surface area contributed by atoms with Gasteiger partial charge < -0.3 is 35.1 Å². The highest BCUT2D eigenvalue weighted by molar-refractivity contribution is 6.07. The maximum atomic E-state index is 12.9. The van der Waals surface area contributed by atoms with Gasteiger partial charge in [0, 0.05) is 23.3 Å². The molecular weight excluding hydrogens is 580 g/mol. The van der Waals surface area contributed by atoms with E-state index in [1.165, 1.54) is 60.7 Å². The van der Waals surface area contributed by atoms with Crippen LogP contribution in [0.25, 0.3) is 0 Å². The molecule has 45 heavy (non-hydrogen) atoms. The van der Waals surface area contributed by atoms with Crippen molar-refractivity contribution in [3.05, 3.63) is 106 Å². The molecule has 232 valence electrons. The number of benzene rings is 4. The van der Waals surface area contributed by atoms with Gasteiger partial charge in [0.25, 0.3) is 11.8 Å². The number of aromatic hydroxyl groups is 2. The number of anilines is 2. The van der Waals surface area contributed by atoms with E-state index in [1.807, 2.05) is 0 Å². The maximum absolute atomic E-state index is 12.9. The van der Waals surface area contributed by atoms with Crippen LogP contribution in [0.1, 0.15) is 66.4 Å². The molecule has 4 N–H and O–H groups in total. The third kappa shape index (κ3) is 7.77. The summed E-state index contributed by atoms with van der Waals surface area (Å²) in [5.74, 6) is -1.96. The number of amides is 2. The van der Waals surface area contributed by atoms with E-state index < -0.39 is 23.8 Å². The van der Waals surface area contributed by atoms with Crippen molar-refractivity contribution in [3.8, 4) is 23.0 Å². The molecule has 11 nitrogen and oxygen atoms in total. The molecule has 0 atom stereocenters. The molecule has 0 unspecified atom stereocenters. The monoisotopic (exact) mass is 612 g/mol. The molecule has 0 heterocycles. The summed E-state index contributed by atoms with van der Waals surface area (Å²) in [5.41, 5.74) is 2.46. The highest BCUT2D eigenvalue weighted by Crippen LogP contribution is 2.34. The molecule has 4 aromatic rings. The topological polar surface area (TPSA) is 160 Å². The summed E-state index contributed by atoms with van der Waals surface area (Å²) in [7, 11) is 0. The summed E-state index contributed by atoms with van der Waals surface area (Å²) in [6.07, 6.45) is 0. The van der Waals surface area contributed by atoms with Crippen molar-refractivity contribution < 1.29 is 43.6 Å². The smallest absolute Gasteiger partial charge is 0.338 e.